The van der Waals surface area contributed by atoms with E-state index in [-0.39, 0.29) is 17.6 Å². The molecule has 1 aliphatic rings. The number of nitrogens with zero attached hydrogens (tertiary/aromatic N) is 1. The minimum atomic E-state index is -1.08. The Labute approximate surface area is 98.0 Å². The summed E-state index contributed by atoms with van der Waals surface area (Å²) in [6.45, 7) is 1.31. The molecule has 0 aliphatic carbocycles. The molecule has 1 aromatic rings. The molecule has 1 aliphatic heterocycles. The van der Waals surface area contributed by atoms with E-state index < -0.39 is 5.97 Å². The molecule has 1 aromatic heterocycles. The molecule has 1 amide bonds. The first-order chi connectivity index (χ1) is 8.08. The first-order valence-electron chi connectivity index (χ1n) is 5.45. The molecular formula is C11H14N2O4. The van der Waals surface area contributed by atoms with Gasteiger partial charge >= 0.3 is 5.97 Å². The Balaban J connectivity index is 2.00. The van der Waals surface area contributed by atoms with Gasteiger partial charge in [0.1, 0.15) is 0 Å². The Hall–Kier alpha value is -1.98. The third-order valence-corrected chi connectivity index (χ3v) is 3.01. The van der Waals surface area contributed by atoms with E-state index in [9.17, 15) is 9.59 Å². The minimum Gasteiger partial charge on any atom is -0.475 e. The predicted octanol–water partition coefficient (Wildman–Crippen LogP) is 0.679. The van der Waals surface area contributed by atoms with Crippen LogP contribution in [-0.2, 0) is 4.79 Å². The lowest BCUT2D eigenvalue weighted by molar-refractivity contribution is -0.122. The highest BCUT2D eigenvalue weighted by molar-refractivity contribution is 5.84. The Kier molecular flexibility index (Phi) is 3.03. The topological polar surface area (TPSA) is 96.8 Å². The molecule has 2 heterocycles. The van der Waals surface area contributed by atoms with Crippen LogP contribution in [0.25, 0.3) is 0 Å². The largest absolute Gasteiger partial charge is 0.475 e. The number of carboxylic acids is 1. The average molecular weight is 238 g/mol. The molecule has 0 atom stereocenters. The highest BCUT2D eigenvalue weighted by atomic mass is 16.4. The maximum atomic E-state index is 11.0. The van der Waals surface area contributed by atoms with Gasteiger partial charge in [-0.25, -0.2) is 4.79 Å². The van der Waals surface area contributed by atoms with Gasteiger partial charge < -0.3 is 20.2 Å². The second kappa shape index (κ2) is 4.48. The van der Waals surface area contributed by atoms with Crippen LogP contribution in [0.5, 0.6) is 0 Å². The van der Waals surface area contributed by atoms with Gasteiger partial charge in [-0.05, 0) is 18.9 Å². The molecule has 6 heteroatoms. The number of amides is 1. The zero-order valence-electron chi connectivity index (χ0n) is 9.26. The van der Waals surface area contributed by atoms with Crippen LogP contribution in [0.2, 0.25) is 0 Å². The van der Waals surface area contributed by atoms with E-state index in [1.54, 1.807) is 6.07 Å². The van der Waals surface area contributed by atoms with Crippen molar-refractivity contribution in [3.63, 3.8) is 0 Å². The lowest BCUT2D eigenvalue weighted by Crippen LogP contribution is -2.38. The predicted molar refractivity (Wildman–Crippen MR) is 59.8 cm³/mol. The molecule has 1 saturated heterocycles. The van der Waals surface area contributed by atoms with E-state index in [0.29, 0.717) is 31.8 Å². The van der Waals surface area contributed by atoms with Crippen molar-refractivity contribution in [2.45, 2.75) is 12.8 Å². The quantitative estimate of drug-likeness (QED) is 0.807. The molecule has 1 fully saturated rings. The maximum absolute atomic E-state index is 11.0. The SMILES string of the molecule is NC(=O)C1CCN(c2ccc(C(=O)O)o2)CC1. The fraction of sp³-hybridized carbons (Fsp3) is 0.455. The fourth-order valence-electron chi connectivity index (χ4n) is 2.00. The number of rotatable bonds is 3. The van der Waals surface area contributed by atoms with Crippen molar-refractivity contribution in [1.82, 2.24) is 0 Å². The van der Waals surface area contributed by atoms with Gasteiger partial charge in [-0.1, -0.05) is 0 Å². The Morgan fingerprint density at radius 2 is 2.00 bits per heavy atom. The van der Waals surface area contributed by atoms with Gasteiger partial charge in [-0.15, -0.1) is 0 Å². The number of hydrogen-bond donors (Lipinski definition) is 2. The molecule has 6 nitrogen and oxygen atoms in total. The first-order valence-corrected chi connectivity index (χ1v) is 5.45. The van der Waals surface area contributed by atoms with Gasteiger partial charge in [-0.2, -0.15) is 0 Å². The van der Waals surface area contributed by atoms with Crippen molar-refractivity contribution in [2.24, 2.45) is 11.7 Å². The number of nitrogens with two attached hydrogens (primary N) is 1. The molecule has 92 valence electrons. The lowest BCUT2D eigenvalue weighted by atomic mass is 9.96. The van der Waals surface area contributed by atoms with Gasteiger partial charge in [-0.3, -0.25) is 4.79 Å². The summed E-state index contributed by atoms with van der Waals surface area (Å²) in [6.07, 6.45) is 1.36. The van der Waals surface area contributed by atoms with Crippen molar-refractivity contribution < 1.29 is 19.1 Å². The fourth-order valence-corrected chi connectivity index (χ4v) is 2.00. The first kappa shape index (κ1) is 11.5. The summed E-state index contributed by atoms with van der Waals surface area (Å²) in [6, 6.07) is 3.06. The molecule has 0 aromatic carbocycles. The molecule has 17 heavy (non-hydrogen) atoms. The van der Waals surface area contributed by atoms with Gasteiger partial charge in [0.15, 0.2) is 5.88 Å². The summed E-state index contributed by atoms with van der Waals surface area (Å²) < 4.78 is 5.19. The summed E-state index contributed by atoms with van der Waals surface area (Å²) in [5.41, 5.74) is 5.24. The van der Waals surface area contributed by atoms with Gasteiger partial charge in [0.2, 0.25) is 11.7 Å². The van der Waals surface area contributed by atoms with E-state index >= 15 is 0 Å². The van der Waals surface area contributed by atoms with Crippen molar-refractivity contribution in [2.75, 3.05) is 18.0 Å². The number of carbonyl (C=O) groups excluding carboxylic acids is 1. The zero-order valence-corrected chi connectivity index (χ0v) is 9.26. The number of piperidine rings is 1. The molecule has 0 unspecified atom stereocenters. The van der Waals surface area contributed by atoms with Crippen LogP contribution in [0.4, 0.5) is 5.88 Å². The average Bonchev–Trinajstić information content (AvgIpc) is 2.78. The number of carbonyl (C=O) groups is 2. The van der Waals surface area contributed by atoms with Crippen LogP contribution in [0.15, 0.2) is 16.5 Å². The summed E-state index contributed by atoms with van der Waals surface area (Å²) in [4.78, 5) is 23.6. The monoisotopic (exact) mass is 238 g/mol. The molecule has 2 rings (SSSR count). The summed E-state index contributed by atoms with van der Waals surface area (Å²) in [5.74, 6) is -0.971. The molecule has 3 N–H and O–H groups in total. The zero-order chi connectivity index (χ0) is 12.4. The lowest BCUT2D eigenvalue weighted by Gasteiger charge is -2.30. The van der Waals surface area contributed by atoms with E-state index in [2.05, 4.69) is 0 Å². The number of aromatic carboxylic acids is 1. The number of carboxylic acid groups (broad SMARTS) is 1. The maximum Gasteiger partial charge on any atom is 0.371 e. The third kappa shape index (κ3) is 2.41. The smallest absolute Gasteiger partial charge is 0.371 e. The van der Waals surface area contributed by atoms with E-state index in [1.807, 2.05) is 4.90 Å². The van der Waals surface area contributed by atoms with Crippen molar-refractivity contribution in [3.8, 4) is 0 Å². The molecule has 0 bridgehead atoms. The van der Waals surface area contributed by atoms with Crippen LogP contribution in [0, 0.1) is 5.92 Å². The normalized spacial score (nSPS) is 17.1. The second-order valence-electron chi connectivity index (χ2n) is 4.11. The minimum absolute atomic E-state index is 0.0722. The number of hydrogen-bond acceptors (Lipinski definition) is 4. The van der Waals surface area contributed by atoms with Crippen LogP contribution < -0.4 is 10.6 Å². The van der Waals surface area contributed by atoms with Crippen LogP contribution in [0.1, 0.15) is 23.4 Å². The number of furan rings is 1. The highest BCUT2D eigenvalue weighted by Gasteiger charge is 2.25. The van der Waals surface area contributed by atoms with Crippen LogP contribution in [0.3, 0.4) is 0 Å². The number of anilines is 1. The Morgan fingerprint density at radius 3 is 2.47 bits per heavy atom. The standard InChI is InChI=1S/C11H14N2O4/c12-10(14)7-3-5-13(6-4-7)9-2-1-8(17-9)11(15)16/h1-2,7H,3-6H2,(H2,12,14)(H,15,16). The summed E-state index contributed by atoms with van der Waals surface area (Å²) >= 11 is 0. The molecule has 0 saturated carbocycles. The van der Waals surface area contributed by atoms with Gasteiger partial charge in [0.05, 0.1) is 0 Å². The van der Waals surface area contributed by atoms with Gasteiger partial charge in [0.25, 0.3) is 0 Å². The van der Waals surface area contributed by atoms with E-state index in [0.717, 1.165) is 0 Å². The number of primary amides is 1. The molecule has 0 spiro atoms. The van der Waals surface area contributed by atoms with E-state index in [1.165, 1.54) is 6.07 Å². The van der Waals surface area contributed by atoms with Crippen LogP contribution >= 0.6 is 0 Å². The Bertz CT molecular complexity index is 432. The van der Waals surface area contributed by atoms with E-state index in [4.69, 9.17) is 15.3 Å². The third-order valence-electron chi connectivity index (χ3n) is 3.01. The van der Waals surface area contributed by atoms with Crippen molar-refractivity contribution >= 4 is 17.8 Å². The molecule has 0 radical (unpaired) electrons. The second-order valence-corrected chi connectivity index (χ2v) is 4.11. The molecular weight excluding hydrogens is 224 g/mol. The Morgan fingerprint density at radius 1 is 1.35 bits per heavy atom. The summed E-state index contributed by atoms with van der Waals surface area (Å²) in [7, 11) is 0. The summed E-state index contributed by atoms with van der Waals surface area (Å²) in [5, 5.41) is 8.74. The van der Waals surface area contributed by atoms with Crippen molar-refractivity contribution in [1.29, 1.82) is 0 Å². The van der Waals surface area contributed by atoms with Crippen molar-refractivity contribution in [3.05, 3.63) is 17.9 Å². The van der Waals surface area contributed by atoms with Gasteiger partial charge in [0, 0.05) is 25.1 Å². The highest BCUT2D eigenvalue weighted by Crippen LogP contribution is 2.24. The van der Waals surface area contributed by atoms with Crippen LogP contribution in [-0.4, -0.2) is 30.1 Å².